The SMILES string of the molecule is C[C@]12O[C@@](C)(C[C@H]1NS(=O)(=O)c1ccccc1)[C@H]1C(=O)N(c3ccc(C#N)c(C(F)(F)F)c3)C(=O)[C@H]12. The molecule has 0 aliphatic carbocycles. The number of carbonyl (C=O) groups excluding carboxylic acids is 2. The van der Waals surface area contributed by atoms with Gasteiger partial charge in [0.25, 0.3) is 0 Å². The molecular formula is C24H20F3N3O5S. The van der Waals surface area contributed by atoms with Gasteiger partial charge in [0.1, 0.15) is 0 Å². The third-order valence-corrected chi connectivity index (χ3v) is 8.86. The van der Waals surface area contributed by atoms with E-state index in [1.165, 1.54) is 25.1 Å². The summed E-state index contributed by atoms with van der Waals surface area (Å²) in [6.07, 6.45) is -4.78. The quantitative estimate of drug-likeness (QED) is 0.621. The third-order valence-electron chi connectivity index (χ3n) is 7.37. The van der Waals surface area contributed by atoms with E-state index >= 15 is 0 Å². The van der Waals surface area contributed by atoms with E-state index in [9.17, 15) is 31.2 Å². The van der Waals surface area contributed by atoms with Crippen molar-refractivity contribution in [3.63, 3.8) is 0 Å². The lowest BCUT2D eigenvalue weighted by atomic mass is 9.67. The van der Waals surface area contributed by atoms with Crippen LogP contribution in [0.5, 0.6) is 0 Å². The first kappa shape index (κ1) is 24.4. The van der Waals surface area contributed by atoms with Crippen molar-refractivity contribution in [1.82, 2.24) is 4.72 Å². The number of anilines is 1. The van der Waals surface area contributed by atoms with Crippen molar-refractivity contribution in [2.24, 2.45) is 11.8 Å². The van der Waals surface area contributed by atoms with Crippen LogP contribution >= 0.6 is 0 Å². The van der Waals surface area contributed by atoms with E-state index in [0.29, 0.717) is 11.0 Å². The Morgan fingerprint density at radius 1 is 1.08 bits per heavy atom. The second kappa shape index (κ2) is 7.61. The molecule has 2 amide bonds. The van der Waals surface area contributed by atoms with E-state index in [1.807, 2.05) is 0 Å². The third kappa shape index (κ3) is 3.37. The number of hydrogen-bond donors (Lipinski definition) is 1. The molecule has 2 bridgehead atoms. The molecule has 0 aromatic heterocycles. The minimum atomic E-state index is -4.87. The lowest BCUT2D eigenvalue weighted by Crippen LogP contribution is -2.56. The zero-order valence-electron chi connectivity index (χ0n) is 19.0. The molecule has 5 atom stereocenters. The Morgan fingerprint density at radius 3 is 2.33 bits per heavy atom. The van der Waals surface area contributed by atoms with Gasteiger partial charge in [-0.25, -0.2) is 18.0 Å². The highest BCUT2D eigenvalue weighted by molar-refractivity contribution is 7.89. The fraction of sp³-hybridized carbons (Fsp3) is 0.375. The Morgan fingerprint density at radius 2 is 1.72 bits per heavy atom. The number of benzene rings is 2. The normalized spacial score (nSPS) is 31.6. The standard InChI is InChI=1S/C24H20F3N3O5S/c1-22-11-17(29-36(33,34)15-6-4-3-5-7-15)23(2,35-22)19-18(22)20(31)30(21(19)32)14-9-8-13(12-28)16(10-14)24(25,26)27/h3-10,17-19,29H,11H2,1-2H3/t17-,18-,19+,22+,23+/m1/s1. The highest BCUT2D eigenvalue weighted by Gasteiger charge is 2.76. The van der Waals surface area contributed by atoms with Crippen LogP contribution in [0.3, 0.4) is 0 Å². The van der Waals surface area contributed by atoms with Crippen molar-refractivity contribution >= 4 is 27.5 Å². The van der Waals surface area contributed by atoms with Gasteiger partial charge < -0.3 is 4.74 Å². The summed E-state index contributed by atoms with van der Waals surface area (Å²) in [6.45, 7) is 3.14. The lowest BCUT2D eigenvalue weighted by Gasteiger charge is -2.35. The largest absolute Gasteiger partial charge is 0.417 e. The molecule has 188 valence electrons. The topological polar surface area (TPSA) is 117 Å². The van der Waals surface area contributed by atoms with Crippen molar-refractivity contribution in [3.05, 3.63) is 59.7 Å². The van der Waals surface area contributed by atoms with E-state index in [4.69, 9.17) is 10.00 Å². The smallest absolute Gasteiger partial charge is 0.366 e. The van der Waals surface area contributed by atoms with Gasteiger partial charge >= 0.3 is 6.18 Å². The molecule has 3 heterocycles. The maximum atomic E-state index is 13.5. The summed E-state index contributed by atoms with van der Waals surface area (Å²) in [7, 11) is -3.98. The van der Waals surface area contributed by atoms with Gasteiger partial charge in [0.2, 0.25) is 21.8 Å². The molecular weight excluding hydrogens is 499 g/mol. The predicted molar refractivity (Wildman–Crippen MR) is 119 cm³/mol. The van der Waals surface area contributed by atoms with E-state index in [1.54, 1.807) is 25.1 Å². The first-order valence-electron chi connectivity index (χ1n) is 11.0. The summed E-state index contributed by atoms with van der Waals surface area (Å²) in [5, 5.41) is 9.05. The van der Waals surface area contributed by atoms with Crippen LogP contribution in [0.1, 0.15) is 31.4 Å². The number of carbonyl (C=O) groups is 2. The van der Waals surface area contributed by atoms with Gasteiger partial charge in [-0.15, -0.1) is 0 Å². The average molecular weight is 520 g/mol. The van der Waals surface area contributed by atoms with E-state index in [0.717, 1.165) is 12.1 Å². The highest BCUT2D eigenvalue weighted by atomic mass is 32.2. The van der Waals surface area contributed by atoms with Crippen LogP contribution < -0.4 is 9.62 Å². The molecule has 2 aromatic carbocycles. The molecule has 36 heavy (non-hydrogen) atoms. The summed E-state index contributed by atoms with van der Waals surface area (Å²) in [5.74, 6) is -3.62. The fourth-order valence-electron chi connectivity index (χ4n) is 5.83. The van der Waals surface area contributed by atoms with Crippen LogP contribution in [-0.2, 0) is 30.5 Å². The molecule has 0 spiro atoms. The van der Waals surface area contributed by atoms with Crippen molar-refractivity contribution in [2.45, 2.75) is 48.6 Å². The molecule has 8 nitrogen and oxygen atoms in total. The Kier molecular flexibility index (Phi) is 5.17. The van der Waals surface area contributed by atoms with Gasteiger partial charge in [-0.05, 0) is 50.6 Å². The minimum absolute atomic E-state index is 0.0193. The number of fused-ring (bicyclic) bond motifs is 5. The number of halogens is 3. The van der Waals surface area contributed by atoms with Crippen molar-refractivity contribution in [2.75, 3.05) is 4.90 Å². The number of amides is 2. The minimum Gasteiger partial charge on any atom is -0.366 e. The van der Waals surface area contributed by atoms with Gasteiger partial charge in [-0.2, -0.15) is 18.4 Å². The number of nitriles is 1. The van der Waals surface area contributed by atoms with Gasteiger partial charge in [-0.3, -0.25) is 9.59 Å². The number of sulfonamides is 1. The summed E-state index contributed by atoms with van der Waals surface area (Å²) in [5.41, 5.74) is -4.83. The second-order valence-corrected chi connectivity index (χ2v) is 11.3. The molecule has 5 rings (SSSR count). The average Bonchev–Trinajstić information content (AvgIpc) is 3.33. The van der Waals surface area contributed by atoms with Gasteiger partial charge in [0, 0.05) is 0 Å². The van der Waals surface area contributed by atoms with Gasteiger partial charge in [0.15, 0.2) is 0 Å². The molecule has 12 heteroatoms. The highest BCUT2D eigenvalue weighted by Crippen LogP contribution is 2.61. The molecule has 1 N–H and O–H groups in total. The second-order valence-electron chi connectivity index (χ2n) is 9.60. The Balaban J connectivity index is 1.51. The van der Waals surface area contributed by atoms with Crippen LogP contribution in [0.4, 0.5) is 18.9 Å². The number of ether oxygens (including phenoxy) is 1. The number of nitrogens with one attached hydrogen (secondary N) is 1. The molecule has 3 saturated heterocycles. The van der Waals surface area contributed by atoms with Crippen LogP contribution in [0.25, 0.3) is 0 Å². The van der Waals surface area contributed by atoms with Crippen molar-refractivity contribution in [3.8, 4) is 6.07 Å². The number of imide groups is 1. The van der Waals surface area contributed by atoms with Crippen LogP contribution in [0, 0.1) is 23.2 Å². The zero-order valence-corrected chi connectivity index (χ0v) is 19.9. The van der Waals surface area contributed by atoms with Crippen LogP contribution in [0.2, 0.25) is 0 Å². The molecule has 0 unspecified atom stereocenters. The maximum Gasteiger partial charge on any atom is 0.417 e. The van der Waals surface area contributed by atoms with Gasteiger partial charge in [0.05, 0.1) is 56.9 Å². The van der Waals surface area contributed by atoms with Crippen LogP contribution in [-0.4, -0.2) is 37.5 Å². The molecule has 3 aliphatic rings. The van der Waals surface area contributed by atoms with E-state index in [-0.39, 0.29) is 17.0 Å². The van der Waals surface area contributed by atoms with E-state index in [2.05, 4.69) is 4.72 Å². The number of rotatable bonds is 4. The predicted octanol–water partition coefficient (Wildman–Crippen LogP) is 2.98. The molecule has 3 aliphatic heterocycles. The number of hydrogen-bond acceptors (Lipinski definition) is 6. The van der Waals surface area contributed by atoms with Crippen molar-refractivity contribution < 1.29 is 35.9 Å². The Bertz CT molecular complexity index is 1440. The molecule has 0 saturated carbocycles. The number of alkyl halides is 3. The summed E-state index contributed by atoms with van der Waals surface area (Å²) < 4.78 is 75.2. The first-order chi connectivity index (χ1) is 16.7. The zero-order chi connectivity index (χ0) is 26.3. The Hall–Kier alpha value is -3.27. The van der Waals surface area contributed by atoms with Crippen molar-refractivity contribution in [1.29, 1.82) is 5.26 Å². The summed E-state index contributed by atoms with van der Waals surface area (Å²) >= 11 is 0. The lowest BCUT2D eigenvalue weighted by molar-refractivity contribution is -0.138. The Labute approximate surface area is 204 Å². The summed E-state index contributed by atoms with van der Waals surface area (Å²) in [6, 6.07) is 10.9. The van der Waals surface area contributed by atoms with Gasteiger partial charge in [-0.1, -0.05) is 18.2 Å². The molecule has 3 fully saturated rings. The van der Waals surface area contributed by atoms with E-state index < -0.39 is 68.2 Å². The first-order valence-corrected chi connectivity index (χ1v) is 12.5. The maximum absolute atomic E-state index is 13.5. The molecule has 0 radical (unpaired) electrons. The summed E-state index contributed by atoms with van der Waals surface area (Å²) in [4.78, 5) is 27.6. The molecule has 2 aromatic rings. The monoisotopic (exact) mass is 519 g/mol. The fourth-order valence-corrected chi connectivity index (χ4v) is 7.17. The van der Waals surface area contributed by atoms with Crippen LogP contribution in [0.15, 0.2) is 53.4 Å². The number of nitrogens with zero attached hydrogens (tertiary/aromatic N) is 2.